The third kappa shape index (κ3) is 4.79. The molecule has 0 aromatic heterocycles. The maximum atomic E-state index is 8.42. The molecule has 18 heavy (non-hydrogen) atoms. The summed E-state index contributed by atoms with van der Waals surface area (Å²) >= 11 is 0. The number of benzene rings is 2. The van der Waals surface area contributed by atoms with Crippen molar-refractivity contribution in [3.05, 3.63) is 71.3 Å². The Morgan fingerprint density at radius 3 is 1.67 bits per heavy atom. The Kier molecular flexibility index (Phi) is 6.20. The van der Waals surface area contributed by atoms with Gasteiger partial charge in [0.1, 0.15) is 0 Å². The Morgan fingerprint density at radius 1 is 0.778 bits per heavy atom. The summed E-state index contributed by atoms with van der Waals surface area (Å²) in [5.41, 5.74) is 13.6. The van der Waals surface area contributed by atoms with Crippen LogP contribution in [0.15, 0.2) is 54.6 Å². The zero-order valence-electron chi connectivity index (χ0n) is 10.2. The summed E-state index contributed by atoms with van der Waals surface area (Å²) in [6, 6.07) is 19.3. The predicted octanol–water partition coefficient (Wildman–Crippen LogP) is 2.16. The Balaban J connectivity index is 0.000000184. The average molecular weight is 239 g/mol. The van der Waals surface area contributed by atoms with E-state index in [4.69, 9.17) is 16.7 Å². The molecule has 0 amide bonds. The topological polar surface area (TPSA) is 75.8 Å². The lowest BCUT2D eigenvalue weighted by atomic mass is 10.1. The number of rotatable bonds is 2. The molecule has 0 saturated carbocycles. The maximum absolute atomic E-state index is 8.42. The fourth-order valence-corrected chi connectivity index (χ4v) is 1.33. The molecule has 0 saturated heterocycles. The number of hydrogen-bond donors (Lipinski definition) is 2. The van der Waals surface area contributed by atoms with E-state index in [9.17, 15) is 0 Å². The SMILES string of the molecule is N#Cc1ccc(CN)cc1.NCc1ccccc1. The molecule has 0 heterocycles. The van der Waals surface area contributed by atoms with E-state index in [-0.39, 0.29) is 0 Å². The average Bonchev–Trinajstić information content (AvgIpc) is 2.49. The number of hydrogen-bond acceptors (Lipinski definition) is 3. The molecule has 2 aromatic carbocycles. The van der Waals surface area contributed by atoms with Gasteiger partial charge in [0.05, 0.1) is 11.6 Å². The smallest absolute Gasteiger partial charge is 0.0991 e. The molecule has 3 nitrogen and oxygen atoms in total. The van der Waals surface area contributed by atoms with E-state index in [1.165, 1.54) is 5.56 Å². The standard InChI is InChI=1S/C8H8N2.C7H9N/c9-5-7-1-2-8(6-10)4-3-7;8-6-7-4-2-1-3-5-7/h1-4H,5,9H2;1-5H,6,8H2. The highest BCUT2D eigenvalue weighted by Crippen LogP contribution is 2.01. The van der Waals surface area contributed by atoms with Crippen molar-refractivity contribution in [3.8, 4) is 6.07 Å². The van der Waals surface area contributed by atoms with Gasteiger partial charge in [0.2, 0.25) is 0 Å². The summed E-state index contributed by atoms with van der Waals surface area (Å²) in [6.07, 6.45) is 0. The zero-order chi connectivity index (χ0) is 13.2. The summed E-state index contributed by atoms with van der Waals surface area (Å²) in [5.74, 6) is 0. The van der Waals surface area contributed by atoms with Crippen LogP contribution in [0.4, 0.5) is 0 Å². The Hall–Kier alpha value is -2.15. The molecule has 2 rings (SSSR count). The highest BCUT2D eigenvalue weighted by atomic mass is 14.5. The summed E-state index contributed by atoms with van der Waals surface area (Å²) in [5, 5.41) is 8.42. The first-order chi connectivity index (χ1) is 8.80. The molecule has 0 radical (unpaired) electrons. The van der Waals surface area contributed by atoms with Gasteiger partial charge >= 0.3 is 0 Å². The predicted molar refractivity (Wildman–Crippen MR) is 73.4 cm³/mol. The highest BCUT2D eigenvalue weighted by molar-refractivity contribution is 5.31. The van der Waals surface area contributed by atoms with Crippen LogP contribution in [0.5, 0.6) is 0 Å². The second kappa shape index (κ2) is 8.02. The molecule has 0 spiro atoms. The minimum absolute atomic E-state index is 0.533. The molecule has 92 valence electrons. The second-order valence-electron chi connectivity index (χ2n) is 3.70. The van der Waals surface area contributed by atoms with Gasteiger partial charge < -0.3 is 11.5 Å². The Labute approximate surface area is 108 Å². The molecule has 0 aliphatic heterocycles. The molecule has 0 unspecified atom stereocenters. The van der Waals surface area contributed by atoms with Crippen molar-refractivity contribution in [3.63, 3.8) is 0 Å². The van der Waals surface area contributed by atoms with E-state index in [0.29, 0.717) is 18.7 Å². The molecule has 0 fully saturated rings. The van der Waals surface area contributed by atoms with Crippen molar-refractivity contribution in [2.24, 2.45) is 11.5 Å². The normalized spacial score (nSPS) is 8.94. The van der Waals surface area contributed by atoms with Crippen LogP contribution in [-0.4, -0.2) is 0 Å². The number of nitrogens with two attached hydrogens (primary N) is 2. The molecule has 0 aliphatic rings. The first-order valence-corrected chi connectivity index (χ1v) is 5.73. The minimum Gasteiger partial charge on any atom is -0.326 e. The van der Waals surface area contributed by atoms with Crippen LogP contribution in [-0.2, 0) is 13.1 Å². The van der Waals surface area contributed by atoms with Crippen molar-refractivity contribution < 1.29 is 0 Å². The molecular formula is C15H17N3. The Bertz CT molecular complexity index is 483. The second-order valence-corrected chi connectivity index (χ2v) is 3.70. The molecule has 0 bridgehead atoms. The van der Waals surface area contributed by atoms with Gasteiger partial charge in [-0.25, -0.2) is 0 Å². The summed E-state index contributed by atoms with van der Waals surface area (Å²) < 4.78 is 0. The van der Waals surface area contributed by atoms with E-state index in [1.54, 1.807) is 12.1 Å². The lowest BCUT2D eigenvalue weighted by Gasteiger charge is -1.93. The van der Waals surface area contributed by atoms with Gasteiger partial charge in [-0.05, 0) is 23.3 Å². The Morgan fingerprint density at radius 2 is 1.28 bits per heavy atom. The van der Waals surface area contributed by atoms with Gasteiger partial charge in [-0.15, -0.1) is 0 Å². The van der Waals surface area contributed by atoms with Crippen molar-refractivity contribution in [2.75, 3.05) is 0 Å². The monoisotopic (exact) mass is 239 g/mol. The van der Waals surface area contributed by atoms with Crippen LogP contribution in [0.1, 0.15) is 16.7 Å². The van der Waals surface area contributed by atoms with Gasteiger partial charge in [-0.3, -0.25) is 0 Å². The van der Waals surface area contributed by atoms with E-state index in [2.05, 4.69) is 0 Å². The van der Waals surface area contributed by atoms with Crippen LogP contribution in [0.2, 0.25) is 0 Å². The van der Waals surface area contributed by atoms with E-state index in [1.807, 2.05) is 48.5 Å². The first kappa shape index (κ1) is 13.9. The summed E-state index contributed by atoms with van der Waals surface area (Å²) in [6.45, 7) is 1.17. The van der Waals surface area contributed by atoms with Crippen LogP contribution < -0.4 is 11.5 Å². The maximum Gasteiger partial charge on any atom is 0.0991 e. The molecular weight excluding hydrogens is 222 g/mol. The fraction of sp³-hybridized carbons (Fsp3) is 0.133. The van der Waals surface area contributed by atoms with E-state index < -0.39 is 0 Å². The summed E-state index contributed by atoms with van der Waals surface area (Å²) in [4.78, 5) is 0. The van der Waals surface area contributed by atoms with Gasteiger partial charge in [0.15, 0.2) is 0 Å². The van der Waals surface area contributed by atoms with Crippen LogP contribution in [0.25, 0.3) is 0 Å². The van der Waals surface area contributed by atoms with Crippen molar-refractivity contribution in [1.29, 1.82) is 5.26 Å². The number of nitrogens with zero attached hydrogens (tertiary/aromatic N) is 1. The van der Waals surface area contributed by atoms with Crippen molar-refractivity contribution in [1.82, 2.24) is 0 Å². The van der Waals surface area contributed by atoms with Crippen LogP contribution in [0.3, 0.4) is 0 Å². The molecule has 0 atom stereocenters. The minimum atomic E-state index is 0.533. The third-order valence-electron chi connectivity index (χ3n) is 2.40. The third-order valence-corrected chi connectivity index (χ3v) is 2.40. The van der Waals surface area contributed by atoms with Gasteiger partial charge in [0, 0.05) is 13.1 Å². The van der Waals surface area contributed by atoms with Crippen LogP contribution in [0, 0.1) is 11.3 Å². The highest BCUT2D eigenvalue weighted by Gasteiger charge is 1.88. The molecule has 3 heteroatoms. The number of nitriles is 1. The first-order valence-electron chi connectivity index (χ1n) is 5.73. The quantitative estimate of drug-likeness (QED) is 0.843. The lowest BCUT2D eigenvalue weighted by Crippen LogP contribution is -1.94. The van der Waals surface area contributed by atoms with E-state index in [0.717, 1.165) is 5.56 Å². The summed E-state index contributed by atoms with van der Waals surface area (Å²) in [7, 11) is 0. The lowest BCUT2D eigenvalue weighted by molar-refractivity contribution is 1.07. The van der Waals surface area contributed by atoms with Crippen molar-refractivity contribution in [2.45, 2.75) is 13.1 Å². The molecule has 2 aromatic rings. The van der Waals surface area contributed by atoms with Gasteiger partial charge in [0.25, 0.3) is 0 Å². The fourth-order valence-electron chi connectivity index (χ4n) is 1.33. The van der Waals surface area contributed by atoms with E-state index >= 15 is 0 Å². The van der Waals surface area contributed by atoms with Crippen LogP contribution >= 0.6 is 0 Å². The largest absolute Gasteiger partial charge is 0.326 e. The van der Waals surface area contributed by atoms with Crippen molar-refractivity contribution >= 4 is 0 Å². The van der Waals surface area contributed by atoms with Gasteiger partial charge in [-0.2, -0.15) is 5.26 Å². The molecule has 4 N–H and O–H groups in total. The zero-order valence-corrected chi connectivity index (χ0v) is 10.2. The molecule has 0 aliphatic carbocycles. The van der Waals surface area contributed by atoms with Gasteiger partial charge in [-0.1, -0.05) is 42.5 Å².